The highest BCUT2D eigenvalue weighted by atomic mass is 16.5. The lowest BCUT2D eigenvalue weighted by Crippen LogP contribution is -2.35. The quantitative estimate of drug-likeness (QED) is 0.814. The number of hydrogen-bond donors (Lipinski definition) is 2. The van der Waals surface area contributed by atoms with Crippen LogP contribution in [-0.4, -0.2) is 32.4 Å². The van der Waals surface area contributed by atoms with Gasteiger partial charge in [0.25, 0.3) is 0 Å². The van der Waals surface area contributed by atoms with Crippen molar-refractivity contribution < 1.29 is 4.74 Å². The van der Waals surface area contributed by atoms with E-state index in [0.717, 1.165) is 18.4 Å². The highest BCUT2D eigenvalue weighted by Crippen LogP contribution is 2.34. The SMILES string of the molecule is CC1(C)CC(n2nnnc2-c2ccc(N)cc2N)CCO1. The number of benzene rings is 1. The van der Waals surface area contributed by atoms with Crippen molar-refractivity contribution in [2.24, 2.45) is 0 Å². The van der Waals surface area contributed by atoms with Crippen LogP contribution in [0.1, 0.15) is 32.7 Å². The normalized spacial score (nSPS) is 21.3. The first-order valence-electron chi connectivity index (χ1n) is 7.03. The molecule has 7 heteroatoms. The fraction of sp³-hybridized carbons (Fsp3) is 0.500. The predicted octanol–water partition coefficient (Wildman–Crippen LogP) is 1.63. The molecule has 1 aromatic heterocycles. The zero-order valence-corrected chi connectivity index (χ0v) is 12.3. The summed E-state index contributed by atoms with van der Waals surface area (Å²) in [6.45, 7) is 4.87. The van der Waals surface area contributed by atoms with Crippen LogP contribution < -0.4 is 11.5 Å². The van der Waals surface area contributed by atoms with E-state index in [4.69, 9.17) is 16.2 Å². The summed E-state index contributed by atoms with van der Waals surface area (Å²) in [5.41, 5.74) is 13.6. The lowest BCUT2D eigenvalue weighted by Gasteiger charge is -2.35. The molecule has 1 aromatic carbocycles. The number of anilines is 2. The molecule has 1 saturated heterocycles. The molecule has 1 fully saturated rings. The highest BCUT2D eigenvalue weighted by Gasteiger charge is 2.32. The second-order valence-corrected chi connectivity index (χ2v) is 6.05. The van der Waals surface area contributed by atoms with Gasteiger partial charge in [-0.1, -0.05) is 0 Å². The smallest absolute Gasteiger partial charge is 0.184 e. The van der Waals surface area contributed by atoms with E-state index in [1.807, 2.05) is 10.7 Å². The maximum atomic E-state index is 6.05. The maximum absolute atomic E-state index is 6.05. The van der Waals surface area contributed by atoms with Gasteiger partial charge in [-0.3, -0.25) is 0 Å². The van der Waals surface area contributed by atoms with Crippen molar-refractivity contribution in [3.05, 3.63) is 18.2 Å². The number of aromatic nitrogens is 4. The molecule has 0 amide bonds. The van der Waals surface area contributed by atoms with E-state index < -0.39 is 0 Å². The Kier molecular flexibility index (Phi) is 3.29. The lowest BCUT2D eigenvalue weighted by atomic mass is 9.94. The van der Waals surface area contributed by atoms with E-state index >= 15 is 0 Å². The highest BCUT2D eigenvalue weighted by molar-refractivity contribution is 5.74. The van der Waals surface area contributed by atoms with E-state index in [0.29, 0.717) is 23.8 Å². The van der Waals surface area contributed by atoms with Gasteiger partial charge in [-0.15, -0.1) is 5.10 Å². The molecule has 3 rings (SSSR count). The molecule has 1 atom stereocenters. The number of rotatable bonds is 2. The van der Waals surface area contributed by atoms with Gasteiger partial charge in [-0.2, -0.15) is 0 Å². The van der Waals surface area contributed by atoms with Crippen LogP contribution >= 0.6 is 0 Å². The van der Waals surface area contributed by atoms with Crippen LogP contribution in [0.15, 0.2) is 18.2 Å². The van der Waals surface area contributed by atoms with E-state index in [1.165, 1.54) is 0 Å². The first-order chi connectivity index (χ1) is 9.96. The zero-order valence-electron chi connectivity index (χ0n) is 12.3. The predicted molar refractivity (Wildman–Crippen MR) is 80.4 cm³/mol. The number of hydrogen-bond acceptors (Lipinski definition) is 6. The summed E-state index contributed by atoms with van der Waals surface area (Å²) in [4.78, 5) is 0. The van der Waals surface area contributed by atoms with Crippen LogP contribution in [0.2, 0.25) is 0 Å². The molecule has 0 aliphatic carbocycles. The van der Waals surface area contributed by atoms with Gasteiger partial charge >= 0.3 is 0 Å². The van der Waals surface area contributed by atoms with Gasteiger partial charge in [0.1, 0.15) is 0 Å². The van der Waals surface area contributed by atoms with Crippen molar-refractivity contribution in [3.63, 3.8) is 0 Å². The van der Waals surface area contributed by atoms with E-state index in [2.05, 4.69) is 29.4 Å². The largest absolute Gasteiger partial charge is 0.399 e. The molecule has 2 aromatic rings. The lowest BCUT2D eigenvalue weighted by molar-refractivity contribution is -0.0707. The Morgan fingerprint density at radius 1 is 1.33 bits per heavy atom. The zero-order chi connectivity index (χ0) is 15.0. The van der Waals surface area contributed by atoms with Gasteiger partial charge in [-0.25, -0.2) is 4.68 Å². The number of nitrogens with two attached hydrogens (primary N) is 2. The Balaban J connectivity index is 1.97. The van der Waals surface area contributed by atoms with Crippen molar-refractivity contribution in [2.45, 2.75) is 38.3 Å². The summed E-state index contributed by atoms with van der Waals surface area (Å²) in [7, 11) is 0. The molecule has 1 aliphatic heterocycles. The van der Waals surface area contributed by atoms with E-state index in [-0.39, 0.29) is 11.6 Å². The summed E-state index contributed by atoms with van der Waals surface area (Å²) in [5, 5.41) is 12.1. The van der Waals surface area contributed by atoms with Gasteiger partial charge in [0, 0.05) is 23.5 Å². The summed E-state index contributed by atoms with van der Waals surface area (Å²) >= 11 is 0. The van der Waals surface area contributed by atoms with Crippen LogP contribution in [0.25, 0.3) is 11.4 Å². The third-order valence-electron chi connectivity index (χ3n) is 3.83. The van der Waals surface area contributed by atoms with Crippen molar-refractivity contribution in [1.82, 2.24) is 20.2 Å². The third-order valence-corrected chi connectivity index (χ3v) is 3.83. The summed E-state index contributed by atoms with van der Waals surface area (Å²) < 4.78 is 7.61. The van der Waals surface area contributed by atoms with Gasteiger partial charge in [0.05, 0.1) is 11.6 Å². The second-order valence-electron chi connectivity index (χ2n) is 6.05. The molecule has 0 bridgehead atoms. The van der Waals surface area contributed by atoms with Gasteiger partial charge in [0.15, 0.2) is 5.82 Å². The minimum Gasteiger partial charge on any atom is -0.399 e. The third kappa shape index (κ3) is 2.69. The molecule has 0 radical (unpaired) electrons. The maximum Gasteiger partial charge on any atom is 0.184 e. The minimum absolute atomic E-state index is 0.168. The van der Waals surface area contributed by atoms with Crippen molar-refractivity contribution in [2.75, 3.05) is 18.1 Å². The topological polar surface area (TPSA) is 105 Å². The molecule has 112 valence electrons. The minimum atomic E-state index is -0.168. The number of nitrogen functional groups attached to an aromatic ring is 2. The van der Waals surface area contributed by atoms with E-state index in [1.54, 1.807) is 12.1 Å². The Bertz CT molecular complexity index is 651. The Hall–Kier alpha value is -2.15. The first-order valence-corrected chi connectivity index (χ1v) is 7.03. The summed E-state index contributed by atoms with van der Waals surface area (Å²) in [6, 6.07) is 5.59. The van der Waals surface area contributed by atoms with Crippen LogP contribution in [0.5, 0.6) is 0 Å². The van der Waals surface area contributed by atoms with Crippen LogP contribution in [0.3, 0.4) is 0 Å². The molecular weight excluding hydrogens is 268 g/mol. The standard InChI is InChI=1S/C14H20N6O/c1-14(2)8-10(5-6-21-14)20-13(17-18-19-20)11-4-3-9(15)7-12(11)16/h3-4,7,10H,5-6,8,15-16H2,1-2H3. The fourth-order valence-electron chi connectivity index (χ4n) is 2.81. The van der Waals surface area contributed by atoms with Gasteiger partial charge in [-0.05, 0) is 55.3 Å². The molecule has 0 spiro atoms. The molecule has 4 N–H and O–H groups in total. The number of tetrazole rings is 1. The average Bonchev–Trinajstić information content (AvgIpc) is 2.86. The van der Waals surface area contributed by atoms with Crippen molar-refractivity contribution in [3.8, 4) is 11.4 Å². The van der Waals surface area contributed by atoms with E-state index in [9.17, 15) is 0 Å². The Morgan fingerprint density at radius 2 is 2.14 bits per heavy atom. The second kappa shape index (κ2) is 5.00. The van der Waals surface area contributed by atoms with Gasteiger partial charge in [0.2, 0.25) is 0 Å². The van der Waals surface area contributed by atoms with Crippen molar-refractivity contribution >= 4 is 11.4 Å². The summed E-state index contributed by atoms with van der Waals surface area (Å²) in [6.07, 6.45) is 1.75. The number of nitrogens with zero attached hydrogens (tertiary/aromatic N) is 4. The van der Waals surface area contributed by atoms with Gasteiger partial charge < -0.3 is 16.2 Å². The van der Waals surface area contributed by atoms with Crippen LogP contribution in [-0.2, 0) is 4.74 Å². The molecule has 7 nitrogen and oxygen atoms in total. The number of ether oxygens (including phenoxy) is 1. The summed E-state index contributed by atoms with van der Waals surface area (Å²) in [5.74, 6) is 0.676. The first kappa shape index (κ1) is 13.8. The average molecular weight is 288 g/mol. The Labute approximate surface area is 123 Å². The van der Waals surface area contributed by atoms with Crippen LogP contribution in [0, 0.1) is 0 Å². The van der Waals surface area contributed by atoms with Crippen molar-refractivity contribution in [1.29, 1.82) is 0 Å². The Morgan fingerprint density at radius 3 is 2.86 bits per heavy atom. The molecule has 1 aliphatic rings. The van der Waals surface area contributed by atoms with Crippen LogP contribution in [0.4, 0.5) is 11.4 Å². The molecular formula is C14H20N6O. The molecule has 2 heterocycles. The molecule has 21 heavy (non-hydrogen) atoms. The molecule has 0 saturated carbocycles. The molecule has 1 unspecified atom stereocenters. The fourth-order valence-corrected chi connectivity index (χ4v) is 2.81. The monoisotopic (exact) mass is 288 g/mol.